The van der Waals surface area contributed by atoms with E-state index in [0.29, 0.717) is 30.6 Å². The Kier molecular flexibility index (Phi) is 6.66. The molecule has 1 aliphatic rings. The summed E-state index contributed by atoms with van der Waals surface area (Å²) in [5.41, 5.74) is 4.14. The van der Waals surface area contributed by atoms with Crippen molar-refractivity contribution in [2.24, 2.45) is 0 Å². The Labute approximate surface area is 209 Å². The van der Waals surface area contributed by atoms with Crippen LogP contribution in [0.5, 0.6) is 0 Å². The van der Waals surface area contributed by atoms with Crippen LogP contribution in [-0.2, 0) is 11.3 Å². The number of amides is 2. The van der Waals surface area contributed by atoms with Crippen molar-refractivity contribution in [1.29, 1.82) is 0 Å². The molecule has 4 nitrogen and oxygen atoms in total. The van der Waals surface area contributed by atoms with E-state index in [1.807, 2.05) is 36.6 Å². The highest BCUT2D eigenvalue weighted by atomic mass is 35.5. The van der Waals surface area contributed by atoms with E-state index in [-0.39, 0.29) is 17.7 Å². The quantitative estimate of drug-likeness (QED) is 0.324. The van der Waals surface area contributed by atoms with E-state index in [2.05, 4.69) is 0 Å². The van der Waals surface area contributed by atoms with E-state index < -0.39 is 0 Å². The van der Waals surface area contributed by atoms with Gasteiger partial charge in [-0.05, 0) is 79.2 Å². The number of thioether (sulfide) groups is 1. The predicted octanol–water partition coefficient (Wildman–Crippen LogP) is 7.94. The summed E-state index contributed by atoms with van der Waals surface area (Å²) < 4.78 is 2.00. The summed E-state index contributed by atoms with van der Waals surface area (Å²) >= 11 is 25.4. The summed E-state index contributed by atoms with van der Waals surface area (Å²) in [6.45, 7) is 3.97. The number of nitrogens with zero attached hydrogens (tertiary/aromatic N) is 2. The maximum Gasteiger partial charge on any atom is 0.293 e. The Balaban J connectivity index is 1.65. The van der Waals surface area contributed by atoms with Crippen LogP contribution in [0.3, 0.4) is 0 Å². The molecule has 0 unspecified atom stereocenters. The monoisotopic (exact) mass is 524 g/mol. The van der Waals surface area contributed by atoms with Gasteiger partial charge in [0.05, 0.1) is 11.4 Å². The molecule has 2 amide bonds. The number of rotatable bonds is 4. The van der Waals surface area contributed by atoms with E-state index in [0.717, 1.165) is 34.4 Å². The number of hydrogen-bond donors (Lipinski definition) is 0. The second-order valence-electron chi connectivity index (χ2n) is 7.29. The zero-order chi connectivity index (χ0) is 23.2. The molecule has 0 radical (unpaired) electrons. The maximum absolute atomic E-state index is 13.0. The highest BCUT2D eigenvalue weighted by molar-refractivity contribution is 8.18. The Bertz CT molecular complexity index is 1280. The summed E-state index contributed by atoms with van der Waals surface area (Å²) in [7, 11) is 0. The van der Waals surface area contributed by atoms with Gasteiger partial charge in [-0.2, -0.15) is 0 Å². The maximum atomic E-state index is 13.0. The summed E-state index contributed by atoms with van der Waals surface area (Å²) in [6.07, 6.45) is 1.74. The molecule has 0 N–H and O–H groups in total. The summed E-state index contributed by atoms with van der Waals surface area (Å²) in [6, 6.07) is 12.2. The number of imide groups is 1. The molecule has 0 bridgehead atoms. The zero-order valence-electron chi connectivity index (χ0n) is 17.0. The standard InChI is InChI=1S/C23H16Cl4N2O2S/c1-12-5-15(13(2)29(12)19-8-17(25)7-18(26)9-19)6-21-22(30)28(23(31)32-21)11-14-3-4-16(24)10-20(14)27/h3-10H,11H2,1-2H3/b21-6-. The molecule has 3 aromatic rings. The molecule has 1 aromatic heterocycles. The fourth-order valence-corrected chi connectivity index (χ4v) is 5.41. The number of halogens is 4. The van der Waals surface area contributed by atoms with Gasteiger partial charge in [-0.15, -0.1) is 0 Å². The highest BCUT2D eigenvalue weighted by Crippen LogP contribution is 2.36. The van der Waals surface area contributed by atoms with E-state index in [1.54, 1.807) is 30.3 Å². The van der Waals surface area contributed by atoms with Gasteiger partial charge in [0.25, 0.3) is 11.1 Å². The van der Waals surface area contributed by atoms with Gasteiger partial charge in [-0.3, -0.25) is 14.5 Å². The van der Waals surface area contributed by atoms with E-state index in [4.69, 9.17) is 46.4 Å². The molecule has 32 heavy (non-hydrogen) atoms. The smallest absolute Gasteiger partial charge is 0.293 e. The van der Waals surface area contributed by atoms with Crippen molar-refractivity contribution in [3.05, 3.63) is 90.0 Å². The minimum Gasteiger partial charge on any atom is -0.318 e. The third-order valence-corrected chi connectivity index (χ3v) is 7.01. The molecular weight excluding hydrogens is 510 g/mol. The first-order valence-electron chi connectivity index (χ1n) is 9.49. The second-order valence-corrected chi connectivity index (χ2v) is 10.0. The van der Waals surface area contributed by atoms with Crippen LogP contribution in [0.2, 0.25) is 20.1 Å². The van der Waals surface area contributed by atoms with Crippen LogP contribution in [0.15, 0.2) is 47.4 Å². The third kappa shape index (κ3) is 4.59. The highest BCUT2D eigenvalue weighted by Gasteiger charge is 2.35. The first-order chi connectivity index (χ1) is 15.1. The van der Waals surface area contributed by atoms with Gasteiger partial charge in [0.1, 0.15) is 0 Å². The molecule has 9 heteroatoms. The lowest BCUT2D eigenvalue weighted by molar-refractivity contribution is -0.123. The summed E-state index contributed by atoms with van der Waals surface area (Å²) in [5.74, 6) is -0.360. The van der Waals surface area contributed by atoms with Crippen LogP contribution in [-0.4, -0.2) is 20.6 Å². The Morgan fingerprint density at radius 2 is 1.59 bits per heavy atom. The number of hydrogen-bond acceptors (Lipinski definition) is 3. The molecule has 164 valence electrons. The van der Waals surface area contributed by atoms with Gasteiger partial charge in [0.15, 0.2) is 0 Å². The fraction of sp³-hybridized carbons (Fsp3) is 0.130. The average Bonchev–Trinajstić information content (AvgIpc) is 3.12. The van der Waals surface area contributed by atoms with E-state index in [9.17, 15) is 9.59 Å². The topological polar surface area (TPSA) is 42.3 Å². The van der Waals surface area contributed by atoms with Crippen LogP contribution in [0.4, 0.5) is 4.79 Å². The minimum atomic E-state index is -0.360. The molecule has 4 rings (SSSR count). The minimum absolute atomic E-state index is 0.0814. The Morgan fingerprint density at radius 3 is 2.25 bits per heavy atom. The predicted molar refractivity (Wildman–Crippen MR) is 133 cm³/mol. The van der Waals surface area contributed by atoms with Crippen molar-refractivity contribution in [2.45, 2.75) is 20.4 Å². The van der Waals surface area contributed by atoms with Gasteiger partial charge in [0.2, 0.25) is 0 Å². The van der Waals surface area contributed by atoms with Crippen LogP contribution in [0.1, 0.15) is 22.5 Å². The van der Waals surface area contributed by atoms with E-state index >= 15 is 0 Å². The SMILES string of the molecule is Cc1cc(/C=C2\SC(=O)N(Cc3ccc(Cl)cc3Cl)C2=O)c(C)n1-c1cc(Cl)cc(Cl)c1. The van der Waals surface area contributed by atoms with Gasteiger partial charge in [0, 0.05) is 37.2 Å². The van der Waals surface area contributed by atoms with Crippen molar-refractivity contribution in [1.82, 2.24) is 9.47 Å². The number of aryl methyl sites for hydroxylation is 1. The van der Waals surface area contributed by atoms with Crippen LogP contribution in [0, 0.1) is 13.8 Å². The average molecular weight is 526 g/mol. The molecule has 1 saturated heterocycles. The Morgan fingerprint density at radius 1 is 0.906 bits per heavy atom. The summed E-state index contributed by atoms with van der Waals surface area (Å²) in [4.78, 5) is 27.0. The van der Waals surface area contributed by atoms with Crippen molar-refractivity contribution in [3.8, 4) is 5.69 Å². The number of carbonyl (C=O) groups is 2. The lowest BCUT2D eigenvalue weighted by atomic mass is 10.2. The van der Waals surface area contributed by atoms with Crippen LogP contribution < -0.4 is 0 Å². The molecule has 1 fully saturated rings. The number of benzene rings is 2. The van der Waals surface area contributed by atoms with Crippen LogP contribution in [0.25, 0.3) is 11.8 Å². The zero-order valence-corrected chi connectivity index (χ0v) is 20.8. The van der Waals surface area contributed by atoms with Gasteiger partial charge >= 0.3 is 0 Å². The molecule has 2 aromatic carbocycles. The third-order valence-electron chi connectivity index (χ3n) is 5.08. The lowest BCUT2D eigenvalue weighted by Gasteiger charge is -2.13. The summed E-state index contributed by atoms with van der Waals surface area (Å²) in [5, 5.41) is 1.61. The van der Waals surface area contributed by atoms with Crippen molar-refractivity contribution >= 4 is 75.4 Å². The lowest BCUT2D eigenvalue weighted by Crippen LogP contribution is -2.27. The van der Waals surface area contributed by atoms with Crippen molar-refractivity contribution < 1.29 is 9.59 Å². The molecule has 0 saturated carbocycles. The molecule has 0 aliphatic carbocycles. The normalized spacial score (nSPS) is 15.3. The molecular formula is C23H16Cl4N2O2S. The van der Waals surface area contributed by atoms with Gasteiger partial charge in [-0.1, -0.05) is 52.5 Å². The van der Waals surface area contributed by atoms with Crippen molar-refractivity contribution in [2.75, 3.05) is 0 Å². The van der Waals surface area contributed by atoms with Gasteiger partial charge < -0.3 is 4.57 Å². The Hall–Kier alpha value is -1.89. The molecule has 1 aliphatic heterocycles. The van der Waals surface area contributed by atoms with Crippen molar-refractivity contribution in [3.63, 3.8) is 0 Å². The first-order valence-corrected chi connectivity index (χ1v) is 11.8. The largest absolute Gasteiger partial charge is 0.318 e. The second kappa shape index (κ2) is 9.16. The fourth-order valence-electron chi connectivity index (χ4n) is 3.60. The molecule has 0 spiro atoms. The van der Waals surface area contributed by atoms with E-state index in [1.165, 1.54) is 4.90 Å². The van der Waals surface area contributed by atoms with Gasteiger partial charge in [-0.25, -0.2) is 0 Å². The van der Waals surface area contributed by atoms with Crippen LogP contribution >= 0.6 is 58.2 Å². The number of carbonyl (C=O) groups excluding carboxylic acids is 2. The molecule has 2 heterocycles. The number of aromatic nitrogens is 1. The first kappa shape index (κ1) is 23.3. The molecule has 0 atom stereocenters.